The van der Waals surface area contributed by atoms with E-state index in [4.69, 9.17) is 4.74 Å². The van der Waals surface area contributed by atoms with Crippen LogP contribution in [0.3, 0.4) is 0 Å². The zero-order valence-corrected chi connectivity index (χ0v) is 14.6. The van der Waals surface area contributed by atoms with E-state index in [9.17, 15) is 9.18 Å². The van der Waals surface area contributed by atoms with E-state index in [1.165, 1.54) is 37.8 Å². The van der Waals surface area contributed by atoms with Gasteiger partial charge in [-0.2, -0.15) is 0 Å². The summed E-state index contributed by atoms with van der Waals surface area (Å²) in [5.41, 5.74) is 0. The van der Waals surface area contributed by atoms with Gasteiger partial charge in [0, 0.05) is 32.0 Å². The molecule has 3 aliphatic rings. The number of rotatable bonds is 3. The molecule has 5 heteroatoms. The molecule has 1 aromatic rings. The summed E-state index contributed by atoms with van der Waals surface area (Å²) in [4.78, 5) is 14.8. The lowest BCUT2D eigenvalue weighted by atomic mass is 9.85. The second-order valence-electron chi connectivity index (χ2n) is 7.70. The number of amides is 1. The molecule has 1 aromatic carbocycles. The number of nitrogens with one attached hydrogen (secondary N) is 1. The average molecular weight is 346 g/mol. The van der Waals surface area contributed by atoms with Crippen molar-refractivity contribution in [2.75, 3.05) is 13.1 Å². The van der Waals surface area contributed by atoms with Gasteiger partial charge in [-0.1, -0.05) is 12.8 Å². The Morgan fingerprint density at radius 1 is 1.08 bits per heavy atom. The Hall–Kier alpha value is -1.62. The van der Waals surface area contributed by atoms with Crippen LogP contribution < -0.4 is 10.1 Å². The molecule has 2 heterocycles. The molecule has 3 atom stereocenters. The van der Waals surface area contributed by atoms with E-state index in [1.54, 1.807) is 12.1 Å². The zero-order valence-electron chi connectivity index (χ0n) is 14.6. The number of hydrogen-bond acceptors (Lipinski definition) is 3. The third-order valence-corrected chi connectivity index (χ3v) is 6.03. The molecule has 1 saturated carbocycles. The Labute approximate surface area is 148 Å². The smallest absolute Gasteiger partial charge is 0.239 e. The van der Waals surface area contributed by atoms with Crippen molar-refractivity contribution in [1.29, 1.82) is 0 Å². The highest BCUT2D eigenvalue weighted by Gasteiger charge is 2.40. The number of piperidine rings is 1. The van der Waals surface area contributed by atoms with Gasteiger partial charge >= 0.3 is 0 Å². The van der Waals surface area contributed by atoms with Gasteiger partial charge in [-0.3, -0.25) is 4.79 Å². The van der Waals surface area contributed by atoms with E-state index < -0.39 is 0 Å². The molecular formula is C20H27FN2O2. The maximum absolute atomic E-state index is 13.0. The Kier molecular flexibility index (Phi) is 4.93. The van der Waals surface area contributed by atoms with Gasteiger partial charge < -0.3 is 15.0 Å². The third kappa shape index (κ3) is 3.81. The second kappa shape index (κ2) is 7.32. The lowest BCUT2D eigenvalue weighted by Gasteiger charge is -2.33. The SMILES string of the molecule is O=C(C1CC2CCCCC2N1)N1CCC(Oc2ccc(F)cc2)CC1. The summed E-state index contributed by atoms with van der Waals surface area (Å²) in [5.74, 6) is 1.42. The molecule has 0 spiro atoms. The Bertz CT molecular complexity index is 584. The number of carbonyl (C=O) groups excluding carboxylic acids is 1. The summed E-state index contributed by atoms with van der Waals surface area (Å²) in [6, 6.07) is 6.73. The number of halogens is 1. The fourth-order valence-corrected chi connectivity index (χ4v) is 4.63. The maximum atomic E-state index is 13.0. The maximum Gasteiger partial charge on any atom is 0.239 e. The number of likely N-dealkylation sites (tertiary alicyclic amines) is 1. The molecule has 3 fully saturated rings. The van der Waals surface area contributed by atoms with E-state index in [0.717, 1.165) is 32.4 Å². The van der Waals surface area contributed by atoms with Gasteiger partial charge in [0.1, 0.15) is 17.7 Å². The number of fused-ring (bicyclic) bond motifs is 1. The van der Waals surface area contributed by atoms with Crippen molar-refractivity contribution < 1.29 is 13.9 Å². The number of carbonyl (C=O) groups is 1. The van der Waals surface area contributed by atoms with Crippen molar-refractivity contribution in [1.82, 2.24) is 10.2 Å². The van der Waals surface area contributed by atoms with Crippen molar-refractivity contribution in [2.45, 2.75) is 63.1 Å². The molecule has 2 aliphatic heterocycles. The first-order chi connectivity index (χ1) is 12.2. The summed E-state index contributed by atoms with van der Waals surface area (Å²) in [5, 5.41) is 3.59. The predicted molar refractivity (Wildman–Crippen MR) is 93.9 cm³/mol. The second-order valence-corrected chi connectivity index (χ2v) is 7.70. The Balaban J connectivity index is 1.27. The van der Waals surface area contributed by atoms with Gasteiger partial charge in [0.05, 0.1) is 6.04 Å². The zero-order chi connectivity index (χ0) is 17.2. The van der Waals surface area contributed by atoms with Crippen LogP contribution in [0.2, 0.25) is 0 Å². The van der Waals surface area contributed by atoms with E-state index in [-0.39, 0.29) is 23.9 Å². The van der Waals surface area contributed by atoms with E-state index in [0.29, 0.717) is 17.7 Å². The van der Waals surface area contributed by atoms with Crippen LogP contribution in [0.1, 0.15) is 44.9 Å². The molecule has 2 saturated heterocycles. The van der Waals surface area contributed by atoms with Crippen molar-refractivity contribution in [3.63, 3.8) is 0 Å². The van der Waals surface area contributed by atoms with Crippen molar-refractivity contribution in [3.05, 3.63) is 30.1 Å². The van der Waals surface area contributed by atoms with Crippen LogP contribution in [0, 0.1) is 11.7 Å². The minimum Gasteiger partial charge on any atom is -0.490 e. The molecule has 1 amide bonds. The van der Waals surface area contributed by atoms with Gasteiger partial charge in [-0.25, -0.2) is 4.39 Å². The highest BCUT2D eigenvalue weighted by atomic mass is 19.1. The molecule has 25 heavy (non-hydrogen) atoms. The van der Waals surface area contributed by atoms with E-state index >= 15 is 0 Å². The minimum absolute atomic E-state index is 0.0164. The predicted octanol–water partition coefficient (Wildman–Crippen LogP) is 3.12. The van der Waals surface area contributed by atoms with Gasteiger partial charge in [0.15, 0.2) is 0 Å². The highest BCUT2D eigenvalue weighted by molar-refractivity contribution is 5.82. The minimum atomic E-state index is -0.252. The van der Waals surface area contributed by atoms with Crippen LogP contribution >= 0.6 is 0 Å². The normalized spacial score (nSPS) is 30.1. The average Bonchev–Trinajstić information content (AvgIpc) is 3.08. The number of benzene rings is 1. The standard InChI is InChI=1S/C20H27FN2O2/c21-15-5-7-16(8-6-15)25-17-9-11-23(12-10-17)20(24)19-13-14-3-1-2-4-18(14)22-19/h5-8,14,17-19,22H,1-4,9-13H2. The number of hydrogen-bond donors (Lipinski definition) is 1. The van der Waals surface area contributed by atoms with Crippen molar-refractivity contribution >= 4 is 5.91 Å². The molecule has 1 N–H and O–H groups in total. The van der Waals surface area contributed by atoms with Gasteiger partial charge in [-0.15, -0.1) is 0 Å². The molecule has 3 unspecified atom stereocenters. The number of ether oxygens (including phenoxy) is 1. The van der Waals surface area contributed by atoms with Crippen LogP contribution in [0.15, 0.2) is 24.3 Å². The first kappa shape index (κ1) is 16.8. The first-order valence-electron chi connectivity index (χ1n) is 9.66. The monoisotopic (exact) mass is 346 g/mol. The summed E-state index contributed by atoms with van der Waals surface area (Å²) < 4.78 is 18.9. The quantitative estimate of drug-likeness (QED) is 0.914. The first-order valence-corrected chi connectivity index (χ1v) is 9.66. The molecule has 4 nitrogen and oxygen atoms in total. The van der Waals surface area contributed by atoms with Gasteiger partial charge in [0.25, 0.3) is 0 Å². The molecule has 0 aromatic heterocycles. The van der Waals surface area contributed by atoms with Crippen LogP contribution in [0.4, 0.5) is 4.39 Å². The van der Waals surface area contributed by atoms with E-state index in [1.807, 2.05) is 4.90 Å². The Morgan fingerprint density at radius 2 is 1.80 bits per heavy atom. The number of nitrogens with zero attached hydrogens (tertiary/aromatic N) is 1. The molecule has 136 valence electrons. The van der Waals surface area contributed by atoms with Crippen LogP contribution in [-0.4, -0.2) is 42.1 Å². The Morgan fingerprint density at radius 3 is 2.52 bits per heavy atom. The van der Waals surface area contributed by atoms with Crippen LogP contribution in [0.5, 0.6) is 5.75 Å². The van der Waals surface area contributed by atoms with Gasteiger partial charge in [0.2, 0.25) is 5.91 Å². The summed E-state index contributed by atoms with van der Waals surface area (Å²) in [6.45, 7) is 1.50. The van der Waals surface area contributed by atoms with Gasteiger partial charge in [-0.05, 0) is 49.4 Å². The summed E-state index contributed by atoms with van der Waals surface area (Å²) >= 11 is 0. The largest absolute Gasteiger partial charge is 0.490 e. The van der Waals surface area contributed by atoms with E-state index in [2.05, 4.69) is 5.32 Å². The van der Waals surface area contributed by atoms with Crippen LogP contribution in [0.25, 0.3) is 0 Å². The fourth-order valence-electron chi connectivity index (χ4n) is 4.63. The van der Waals surface area contributed by atoms with Crippen molar-refractivity contribution in [3.8, 4) is 5.75 Å². The third-order valence-electron chi connectivity index (χ3n) is 6.03. The molecular weight excluding hydrogens is 319 g/mol. The molecule has 4 rings (SSSR count). The lowest BCUT2D eigenvalue weighted by molar-refractivity contribution is -0.135. The topological polar surface area (TPSA) is 41.6 Å². The molecule has 0 radical (unpaired) electrons. The summed E-state index contributed by atoms with van der Waals surface area (Å²) in [7, 11) is 0. The molecule has 1 aliphatic carbocycles. The van der Waals surface area contributed by atoms with Crippen LogP contribution in [-0.2, 0) is 4.79 Å². The molecule has 0 bridgehead atoms. The fraction of sp³-hybridized carbons (Fsp3) is 0.650. The van der Waals surface area contributed by atoms with Crippen molar-refractivity contribution in [2.24, 2.45) is 5.92 Å². The summed E-state index contributed by atoms with van der Waals surface area (Å²) in [6.07, 6.45) is 7.89. The highest BCUT2D eigenvalue weighted by Crippen LogP contribution is 2.34. The lowest BCUT2D eigenvalue weighted by Crippen LogP contribution is -2.49.